The molecule has 96 valence electrons. The summed E-state index contributed by atoms with van der Waals surface area (Å²) in [7, 11) is 0. The van der Waals surface area contributed by atoms with Crippen molar-refractivity contribution in [2.24, 2.45) is 0 Å². The molecule has 0 saturated carbocycles. The van der Waals surface area contributed by atoms with Crippen molar-refractivity contribution in [3.8, 4) is 0 Å². The van der Waals surface area contributed by atoms with Gasteiger partial charge in [-0.2, -0.15) is 0 Å². The number of aromatic carboxylic acids is 2. The van der Waals surface area contributed by atoms with Crippen molar-refractivity contribution in [2.75, 3.05) is 0 Å². The highest BCUT2D eigenvalue weighted by molar-refractivity contribution is 5.92. The Kier molecular flexibility index (Phi) is 4.66. The molecule has 18 heavy (non-hydrogen) atoms. The van der Waals surface area contributed by atoms with Gasteiger partial charge in [0.1, 0.15) is 0 Å². The molecule has 4 nitrogen and oxygen atoms in total. The summed E-state index contributed by atoms with van der Waals surface area (Å²) in [5.74, 6) is -2.09. The Hall–Kier alpha value is -2.10. The molecule has 1 aromatic rings. The minimum absolute atomic E-state index is 0.140. The minimum atomic E-state index is -1.04. The zero-order chi connectivity index (χ0) is 13.7. The fraction of sp³-hybridized carbons (Fsp3) is 0.286. The van der Waals surface area contributed by atoms with E-state index in [0.717, 1.165) is 0 Å². The van der Waals surface area contributed by atoms with Gasteiger partial charge in [-0.15, -0.1) is 0 Å². The SMILES string of the molecule is CCC=c1c(C(=O)O)ccc(C(=O)O)c1=CCC. The highest BCUT2D eigenvalue weighted by atomic mass is 16.4. The smallest absolute Gasteiger partial charge is 0.336 e. The second kappa shape index (κ2) is 6.00. The van der Waals surface area contributed by atoms with E-state index in [9.17, 15) is 9.59 Å². The van der Waals surface area contributed by atoms with Gasteiger partial charge in [-0.25, -0.2) is 9.59 Å². The van der Waals surface area contributed by atoms with Crippen LogP contribution in [0.2, 0.25) is 0 Å². The second-order valence-corrected chi connectivity index (χ2v) is 3.82. The third-order valence-electron chi connectivity index (χ3n) is 2.56. The van der Waals surface area contributed by atoms with Crippen molar-refractivity contribution in [1.29, 1.82) is 0 Å². The van der Waals surface area contributed by atoms with E-state index in [2.05, 4.69) is 0 Å². The Morgan fingerprint density at radius 2 is 1.28 bits per heavy atom. The average molecular weight is 248 g/mol. The zero-order valence-corrected chi connectivity index (χ0v) is 10.4. The molecule has 0 spiro atoms. The molecule has 0 amide bonds. The maximum Gasteiger partial charge on any atom is 0.336 e. The molecule has 0 atom stereocenters. The number of hydrogen-bond acceptors (Lipinski definition) is 2. The maximum atomic E-state index is 11.2. The van der Waals surface area contributed by atoms with Gasteiger partial charge in [0.05, 0.1) is 11.1 Å². The van der Waals surface area contributed by atoms with Crippen LogP contribution in [0.5, 0.6) is 0 Å². The third-order valence-corrected chi connectivity index (χ3v) is 2.56. The fourth-order valence-corrected chi connectivity index (χ4v) is 1.86. The lowest BCUT2D eigenvalue weighted by Crippen LogP contribution is -2.35. The van der Waals surface area contributed by atoms with Gasteiger partial charge in [0.15, 0.2) is 0 Å². The molecule has 0 bridgehead atoms. The van der Waals surface area contributed by atoms with Crippen molar-refractivity contribution in [1.82, 2.24) is 0 Å². The molecule has 0 aliphatic carbocycles. The van der Waals surface area contributed by atoms with Crippen LogP contribution < -0.4 is 10.4 Å². The first-order valence-electron chi connectivity index (χ1n) is 5.82. The van der Waals surface area contributed by atoms with Crippen LogP contribution in [-0.2, 0) is 0 Å². The molecule has 0 aliphatic heterocycles. The number of carbonyl (C=O) groups is 2. The highest BCUT2D eigenvalue weighted by Crippen LogP contribution is 1.97. The lowest BCUT2D eigenvalue weighted by atomic mass is 10.0. The molecule has 0 fully saturated rings. The van der Waals surface area contributed by atoms with Gasteiger partial charge >= 0.3 is 11.9 Å². The number of benzene rings is 1. The largest absolute Gasteiger partial charge is 0.478 e. The summed E-state index contributed by atoms with van der Waals surface area (Å²) in [4.78, 5) is 22.3. The minimum Gasteiger partial charge on any atom is -0.478 e. The van der Waals surface area contributed by atoms with Crippen LogP contribution in [0.3, 0.4) is 0 Å². The molecule has 1 rings (SSSR count). The number of carboxylic acids is 2. The molecular weight excluding hydrogens is 232 g/mol. The average Bonchev–Trinajstić information content (AvgIpc) is 2.30. The van der Waals surface area contributed by atoms with E-state index in [1.165, 1.54) is 12.1 Å². The molecule has 0 radical (unpaired) electrons. The predicted octanol–water partition coefficient (Wildman–Crippen LogP) is 1.46. The van der Waals surface area contributed by atoms with Crippen molar-refractivity contribution < 1.29 is 19.8 Å². The van der Waals surface area contributed by atoms with Gasteiger partial charge in [0, 0.05) is 0 Å². The van der Waals surface area contributed by atoms with Crippen molar-refractivity contribution >= 4 is 24.1 Å². The molecule has 0 aliphatic rings. The van der Waals surface area contributed by atoms with Crippen LogP contribution in [0.15, 0.2) is 12.1 Å². The summed E-state index contributed by atoms with van der Waals surface area (Å²) >= 11 is 0. The van der Waals surface area contributed by atoms with Gasteiger partial charge in [-0.1, -0.05) is 26.0 Å². The number of hydrogen-bond donors (Lipinski definition) is 2. The molecule has 0 saturated heterocycles. The van der Waals surface area contributed by atoms with E-state index in [0.29, 0.717) is 23.3 Å². The van der Waals surface area contributed by atoms with Crippen LogP contribution in [0.4, 0.5) is 0 Å². The third kappa shape index (κ3) is 2.77. The molecule has 4 heteroatoms. The van der Waals surface area contributed by atoms with E-state index in [1.807, 2.05) is 13.8 Å². The Labute approximate surface area is 105 Å². The Morgan fingerprint density at radius 3 is 1.50 bits per heavy atom. The number of carboxylic acid groups (broad SMARTS) is 2. The van der Waals surface area contributed by atoms with Crippen molar-refractivity contribution in [3.05, 3.63) is 33.7 Å². The van der Waals surface area contributed by atoms with Gasteiger partial charge in [-0.05, 0) is 35.4 Å². The molecule has 0 unspecified atom stereocenters. The van der Waals surface area contributed by atoms with E-state index in [-0.39, 0.29) is 11.1 Å². The molecular formula is C14H16O4. The summed E-state index contributed by atoms with van der Waals surface area (Å²) < 4.78 is 0. The van der Waals surface area contributed by atoms with E-state index in [1.54, 1.807) is 12.2 Å². The molecule has 0 heterocycles. The lowest BCUT2D eigenvalue weighted by molar-refractivity contribution is 0.0679. The maximum absolute atomic E-state index is 11.2. The van der Waals surface area contributed by atoms with E-state index in [4.69, 9.17) is 10.2 Å². The molecule has 0 aromatic heterocycles. The molecule has 1 aromatic carbocycles. The second-order valence-electron chi connectivity index (χ2n) is 3.82. The van der Waals surface area contributed by atoms with Gasteiger partial charge in [-0.3, -0.25) is 0 Å². The number of rotatable bonds is 4. The first kappa shape index (κ1) is 14.0. The lowest BCUT2D eigenvalue weighted by Gasteiger charge is -2.02. The van der Waals surface area contributed by atoms with Gasteiger partial charge < -0.3 is 10.2 Å². The van der Waals surface area contributed by atoms with Gasteiger partial charge in [0.25, 0.3) is 0 Å². The van der Waals surface area contributed by atoms with Crippen LogP contribution in [0.25, 0.3) is 12.2 Å². The van der Waals surface area contributed by atoms with Crippen LogP contribution >= 0.6 is 0 Å². The van der Waals surface area contributed by atoms with Crippen molar-refractivity contribution in [3.63, 3.8) is 0 Å². The first-order valence-corrected chi connectivity index (χ1v) is 5.82. The van der Waals surface area contributed by atoms with E-state index < -0.39 is 11.9 Å². The van der Waals surface area contributed by atoms with Crippen LogP contribution in [0.1, 0.15) is 47.4 Å². The first-order chi connectivity index (χ1) is 8.52. The van der Waals surface area contributed by atoms with Crippen LogP contribution in [-0.4, -0.2) is 22.2 Å². The monoisotopic (exact) mass is 248 g/mol. The Balaban J connectivity index is 3.84. The van der Waals surface area contributed by atoms with E-state index >= 15 is 0 Å². The highest BCUT2D eigenvalue weighted by Gasteiger charge is 2.11. The summed E-state index contributed by atoms with van der Waals surface area (Å²) in [6.45, 7) is 3.77. The topological polar surface area (TPSA) is 74.6 Å². The zero-order valence-electron chi connectivity index (χ0n) is 10.4. The summed E-state index contributed by atoms with van der Waals surface area (Å²) in [6, 6.07) is 2.70. The summed E-state index contributed by atoms with van der Waals surface area (Å²) in [5, 5.41) is 19.3. The standard InChI is InChI=1S/C14H16O4/c1-3-5-9-10(6-4-2)12(14(17)18)8-7-11(9)13(15)16/h5-8H,3-4H2,1-2H3,(H,15,16)(H,17,18). The van der Waals surface area contributed by atoms with Crippen LogP contribution in [0, 0.1) is 0 Å². The fourth-order valence-electron chi connectivity index (χ4n) is 1.86. The quantitative estimate of drug-likeness (QED) is 0.846. The van der Waals surface area contributed by atoms with Gasteiger partial charge in [0.2, 0.25) is 0 Å². The molecule has 2 N–H and O–H groups in total. The summed E-state index contributed by atoms with van der Waals surface area (Å²) in [6.07, 6.45) is 4.79. The predicted molar refractivity (Wildman–Crippen MR) is 69.1 cm³/mol. The normalized spacial score (nSPS) is 12.8. The summed E-state index contributed by atoms with van der Waals surface area (Å²) in [5.41, 5.74) is 0.281. The Bertz CT molecular complexity index is 532. The Morgan fingerprint density at radius 1 is 0.944 bits per heavy atom. The van der Waals surface area contributed by atoms with Crippen molar-refractivity contribution in [2.45, 2.75) is 26.7 Å².